The number of phenols is 1. The summed E-state index contributed by atoms with van der Waals surface area (Å²) in [5, 5.41) is 15.9. The van der Waals surface area contributed by atoms with Gasteiger partial charge in [0.15, 0.2) is 11.5 Å². The Balaban J connectivity index is 2.05. The molecule has 3 rings (SSSR count). The molecule has 0 saturated heterocycles. The Hall–Kier alpha value is -3.07. The Labute approximate surface area is 163 Å². The lowest BCUT2D eigenvalue weighted by Crippen LogP contribution is -2.24. The van der Waals surface area contributed by atoms with E-state index in [0.29, 0.717) is 28.9 Å². The number of carbonyl (C=O) groups is 1. The molecule has 148 valence electrons. The number of benzene rings is 2. The predicted molar refractivity (Wildman–Crippen MR) is 106 cm³/mol. The van der Waals surface area contributed by atoms with Gasteiger partial charge in [0.25, 0.3) is 0 Å². The molecule has 0 unspecified atom stereocenters. The predicted octanol–water partition coefficient (Wildman–Crippen LogP) is 2.47. The smallest absolute Gasteiger partial charge is 0.240 e. The Bertz CT molecular complexity index is 1050. The molecule has 2 N–H and O–H groups in total. The van der Waals surface area contributed by atoms with Gasteiger partial charge >= 0.3 is 0 Å². The van der Waals surface area contributed by atoms with E-state index < -0.39 is 16.1 Å². The number of anilines is 1. The van der Waals surface area contributed by atoms with E-state index >= 15 is 0 Å². The minimum Gasteiger partial charge on any atom is -0.504 e. The third kappa shape index (κ3) is 3.94. The molecule has 8 nitrogen and oxygen atoms in total. The van der Waals surface area contributed by atoms with Crippen molar-refractivity contribution in [3.05, 3.63) is 53.6 Å². The van der Waals surface area contributed by atoms with Crippen LogP contribution in [0.1, 0.15) is 30.5 Å². The quantitative estimate of drug-likeness (QED) is 0.797. The average Bonchev–Trinajstić information content (AvgIpc) is 3.06. The average molecular weight is 403 g/mol. The summed E-state index contributed by atoms with van der Waals surface area (Å²) < 4.78 is 31.2. The Kier molecular flexibility index (Phi) is 5.28. The van der Waals surface area contributed by atoms with Gasteiger partial charge in [-0.2, -0.15) is 5.10 Å². The lowest BCUT2D eigenvalue weighted by atomic mass is 9.96. The van der Waals surface area contributed by atoms with E-state index in [1.807, 2.05) is 0 Å². The molecule has 28 heavy (non-hydrogen) atoms. The van der Waals surface area contributed by atoms with Crippen LogP contribution in [-0.2, 0) is 14.8 Å². The van der Waals surface area contributed by atoms with Crippen LogP contribution in [0.3, 0.4) is 0 Å². The van der Waals surface area contributed by atoms with Crippen LogP contribution < -0.4 is 9.46 Å². The van der Waals surface area contributed by atoms with Crippen molar-refractivity contribution in [2.45, 2.75) is 19.4 Å². The summed E-state index contributed by atoms with van der Waals surface area (Å²) in [6.07, 6.45) is 1.41. The van der Waals surface area contributed by atoms with Gasteiger partial charge in [-0.05, 0) is 12.1 Å². The zero-order valence-corrected chi connectivity index (χ0v) is 16.5. The lowest BCUT2D eigenvalue weighted by molar-refractivity contribution is -0.130. The molecule has 0 saturated carbocycles. The Morgan fingerprint density at radius 3 is 2.61 bits per heavy atom. The van der Waals surface area contributed by atoms with Gasteiger partial charge in [-0.15, -0.1) is 0 Å². The number of para-hydroxylation sites is 2. The van der Waals surface area contributed by atoms with Crippen molar-refractivity contribution >= 4 is 27.3 Å². The number of hydrogen-bond acceptors (Lipinski definition) is 6. The molecule has 0 aromatic heterocycles. The first-order chi connectivity index (χ1) is 13.2. The molecule has 0 fully saturated rings. The SMILES string of the molecule is COc1c(O)cccc1[C@H]1CC(c2ccccc2NS(C)(=O)=O)=NN1C(C)=O. The standard InChI is InChI=1S/C19H21N3O5S/c1-12(23)22-17(14-8-6-10-18(24)19(14)27-2)11-16(20-22)13-7-4-5-9-15(13)21-28(3,25)26/h4-10,17,21,24H,11H2,1-3H3/t17-/m1/s1. The molecule has 0 spiro atoms. The summed E-state index contributed by atoms with van der Waals surface area (Å²) in [5.74, 6) is -0.0345. The van der Waals surface area contributed by atoms with Crippen LogP contribution in [-0.4, -0.2) is 43.5 Å². The van der Waals surface area contributed by atoms with Crippen LogP contribution in [0.15, 0.2) is 47.6 Å². The molecule has 1 heterocycles. The number of carbonyl (C=O) groups excluding carboxylic acids is 1. The van der Waals surface area contributed by atoms with E-state index in [0.717, 1.165) is 6.26 Å². The van der Waals surface area contributed by atoms with Crippen molar-refractivity contribution in [2.24, 2.45) is 5.10 Å². The molecule has 1 aliphatic rings. The summed E-state index contributed by atoms with van der Waals surface area (Å²) >= 11 is 0. The number of ether oxygens (including phenoxy) is 1. The number of methoxy groups -OCH3 is 1. The van der Waals surface area contributed by atoms with E-state index in [2.05, 4.69) is 9.82 Å². The molecule has 1 amide bonds. The first-order valence-electron chi connectivity index (χ1n) is 8.51. The fourth-order valence-corrected chi connectivity index (χ4v) is 3.83. The number of aromatic hydroxyl groups is 1. The van der Waals surface area contributed by atoms with Gasteiger partial charge < -0.3 is 9.84 Å². The fraction of sp³-hybridized carbons (Fsp3) is 0.263. The van der Waals surface area contributed by atoms with E-state index in [1.54, 1.807) is 36.4 Å². The van der Waals surface area contributed by atoms with Crippen molar-refractivity contribution in [1.82, 2.24) is 5.01 Å². The van der Waals surface area contributed by atoms with Gasteiger partial charge in [-0.25, -0.2) is 13.4 Å². The molecular formula is C19H21N3O5S. The highest BCUT2D eigenvalue weighted by Gasteiger charge is 2.34. The number of rotatable bonds is 5. The number of nitrogens with one attached hydrogen (secondary N) is 1. The summed E-state index contributed by atoms with van der Waals surface area (Å²) in [6.45, 7) is 1.40. The van der Waals surface area contributed by atoms with Crippen LogP contribution in [0, 0.1) is 0 Å². The maximum Gasteiger partial charge on any atom is 0.240 e. The number of hydrazone groups is 1. The molecule has 0 radical (unpaired) electrons. The fourth-order valence-electron chi connectivity index (χ4n) is 3.26. The zero-order valence-electron chi connectivity index (χ0n) is 15.7. The first-order valence-corrected chi connectivity index (χ1v) is 10.4. The molecule has 0 bridgehead atoms. The van der Waals surface area contributed by atoms with Crippen LogP contribution in [0.4, 0.5) is 5.69 Å². The minimum absolute atomic E-state index is 0.0314. The molecule has 2 aromatic carbocycles. The van der Waals surface area contributed by atoms with Gasteiger partial charge in [-0.1, -0.05) is 30.3 Å². The van der Waals surface area contributed by atoms with Gasteiger partial charge in [0, 0.05) is 24.5 Å². The van der Waals surface area contributed by atoms with Crippen molar-refractivity contribution in [3.8, 4) is 11.5 Å². The van der Waals surface area contributed by atoms with Crippen LogP contribution in [0.25, 0.3) is 0 Å². The van der Waals surface area contributed by atoms with Gasteiger partial charge in [0.05, 0.1) is 30.8 Å². The molecule has 9 heteroatoms. The normalized spacial score (nSPS) is 16.6. The molecule has 0 aliphatic carbocycles. The van der Waals surface area contributed by atoms with Crippen LogP contribution in [0.2, 0.25) is 0 Å². The van der Waals surface area contributed by atoms with Crippen molar-refractivity contribution in [2.75, 3.05) is 18.1 Å². The largest absolute Gasteiger partial charge is 0.504 e. The first kappa shape index (κ1) is 19.7. The van der Waals surface area contributed by atoms with Crippen molar-refractivity contribution < 1.29 is 23.1 Å². The van der Waals surface area contributed by atoms with Gasteiger partial charge in [-0.3, -0.25) is 9.52 Å². The Morgan fingerprint density at radius 1 is 1.25 bits per heavy atom. The van der Waals surface area contributed by atoms with Gasteiger partial charge in [0.1, 0.15) is 0 Å². The summed E-state index contributed by atoms with van der Waals surface area (Å²) in [6, 6.07) is 11.3. The van der Waals surface area contributed by atoms with E-state index in [1.165, 1.54) is 25.1 Å². The van der Waals surface area contributed by atoms with E-state index in [-0.39, 0.29) is 17.4 Å². The maximum absolute atomic E-state index is 12.2. The minimum atomic E-state index is -3.48. The van der Waals surface area contributed by atoms with E-state index in [9.17, 15) is 18.3 Å². The number of sulfonamides is 1. The number of phenolic OH excluding ortho intramolecular Hbond substituents is 1. The lowest BCUT2D eigenvalue weighted by Gasteiger charge is -2.22. The molecular weight excluding hydrogens is 382 g/mol. The second-order valence-corrected chi connectivity index (χ2v) is 8.20. The topological polar surface area (TPSA) is 108 Å². The third-order valence-corrected chi connectivity index (χ3v) is 4.94. The van der Waals surface area contributed by atoms with Crippen molar-refractivity contribution in [1.29, 1.82) is 0 Å². The highest BCUT2D eigenvalue weighted by molar-refractivity contribution is 7.92. The maximum atomic E-state index is 12.2. The monoisotopic (exact) mass is 403 g/mol. The van der Waals surface area contributed by atoms with Crippen LogP contribution >= 0.6 is 0 Å². The second kappa shape index (κ2) is 7.51. The highest BCUT2D eigenvalue weighted by atomic mass is 32.2. The highest BCUT2D eigenvalue weighted by Crippen LogP contribution is 2.41. The summed E-state index contributed by atoms with van der Waals surface area (Å²) in [5.41, 5.74) is 2.14. The van der Waals surface area contributed by atoms with Crippen LogP contribution in [0.5, 0.6) is 11.5 Å². The van der Waals surface area contributed by atoms with Gasteiger partial charge in [0.2, 0.25) is 15.9 Å². The number of hydrogen-bond donors (Lipinski definition) is 2. The van der Waals surface area contributed by atoms with Crippen molar-refractivity contribution in [3.63, 3.8) is 0 Å². The number of amides is 1. The molecule has 1 atom stereocenters. The van der Waals surface area contributed by atoms with E-state index in [4.69, 9.17) is 4.74 Å². The summed E-state index contributed by atoms with van der Waals surface area (Å²) in [7, 11) is -2.04. The Morgan fingerprint density at radius 2 is 1.96 bits per heavy atom. The second-order valence-electron chi connectivity index (χ2n) is 6.45. The molecule has 1 aliphatic heterocycles. The third-order valence-electron chi connectivity index (χ3n) is 4.35. The molecule has 2 aromatic rings. The zero-order chi connectivity index (χ0) is 20.5. The summed E-state index contributed by atoms with van der Waals surface area (Å²) in [4.78, 5) is 12.2. The number of nitrogens with zero attached hydrogens (tertiary/aromatic N) is 2.